The minimum Gasteiger partial charge on any atom is -0.499 e. The zero-order valence-electron chi connectivity index (χ0n) is 11.2. The van der Waals surface area contributed by atoms with Crippen LogP contribution in [-0.4, -0.2) is 30.4 Å². The van der Waals surface area contributed by atoms with E-state index in [1.165, 1.54) is 0 Å². The second-order valence-corrected chi connectivity index (χ2v) is 5.40. The Morgan fingerprint density at radius 2 is 1.82 bits per heavy atom. The molecule has 1 fully saturated rings. The van der Waals surface area contributed by atoms with Gasteiger partial charge in [-0.3, -0.25) is 0 Å². The van der Waals surface area contributed by atoms with Gasteiger partial charge in [-0.15, -0.1) is 0 Å². The number of nitrogens with zero attached hydrogens (tertiary/aromatic N) is 1. The van der Waals surface area contributed by atoms with E-state index in [0.29, 0.717) is 0 Å². The van der Waals surface area contributed by atoms with Crippen LogP contribution in [-0.2, 0) is 14.0 Å². The Labute approximate surface area is 103 Å². The Balaban J connectivity index is 2.13. The quantitative estimate of drug-likeness (QED) is 0.689. The lowest BCUT2D eigenvalue weighted by Crippen LogP contribution is -2.41. The molecule has 0 atom stereocenters. The van der Waals surface area contributed by atoms with E-state index in [9.17, 15) is 0 Å². The van der Waals surface area contributed by atoms with Gasteiger partial charge in [0.1, 0.15) is 5.76 Å². The topological polar surface area (TPSA) is 30.9 Å². The van der Waals surface area contributed by atoms with Gasteiger partial charge in [-0.1, -0.05) is 6.08 Å². The van der Waals surface area contributed by atoms with Gasteiger partial charge in [-0.25, -0.2) is 0 Å². The van der Waals surface area contributed by atoms with Gasteiger partial charge in [-0.05, 0) is 33.9 Å². The third-order valence-corrected chi connectivity index (χ3v) is 3.64. The smallest absolute Gasteiger partial charge is 0.499 e. The molecule has 2 aliphatic rings. The van der Waals surface area contributed by atoms with Crippen LogP contribution in [0.2, 0.25) is 0 Å². The second kappa shape index (κ2) is 4.07. The third kappa shape index (κ3) is 2.22. The van der Waals surface area contributed by atoms with Crippen molar-refractivity contribution in [3.63, 3.8) is 0 Å². The molecule has 5 heteroatoms. The van der Waals surface area contributed by atoms with Gasteiger partial charge >= 0.3 is 7.25 Å². The van der Waals surface area contributed by atoms with Crippen LogP contribution in [0.15, 0.2) is 24.2 Å². The molecular formula is C12H20BNO3. The molecule has 0 saturated carbocycles. The summed E-state index contributed by atoms with van der Waals surface area (Å²) >= 11 is 0. The number of hydrogen-bond donors (Lipinski definition) is 0. The normalized spacial score (nSPS) is 26.1. The average molecular weight is 237 g/mol. The molecule has 94 valence electrons. The van der Waals surface area contributed by atoms with E-state index in [2.05, 4.69) is 0 Å². The molecule has 0 aromatic heterocycles. The summed E-state index contributed by atoms with van der Waals surface area (Å²) in [6.07, 6.45) is 6.73. The van der Waals surface area contributed by atoms with Gasteiger partial charge in [0.05, 0.1) is 18.3 Å². The van der Waals surface area contributed by atoms with Crippen molar-refractivity contribution >= 4 is 7.25 Å². The monoisotopic (exact) mass is 237 g/mol. The van der Waals surface area contributed by atoms with Crippen LogP contribution in [0.1, 0.15) is 34.1 Å². The minimum atomic E-state index is -0.387. The summed E-state index contributed by atoms with van der Waals surface area (Å²) in [5.41, 5.74) is -0.631. The van der Waals surface area contributed by atoms with Gasteiger partial charge in [0.2, 0.25) is 0 Å². The molecule has 17 heavy (non-hydrogen) atoms. The van der Waals surface area contributed by atoms with Crippen LogP contribution < -0.4 is 0 Å². The van der Waals surface area contributed by atoms with Gasteiger partial charge in [-0.2, -0.15) is 0 Å². The summed E-state index contributed by atoms with van der Waals surface area (Å²) in [4.78, 5) is 1.90. The summed E-state index contributed by atoms with van der Waals surface area (Å²) in [5.74, 6) is 0.905. The summed E-state index contributed by atoms with van der Waals surface area (Å²) in [6.45, 7) is 8.17. The maximum atomic E-state index is 5.95. The molecule has 1 saturated heterocycles. The van der Waals surface area contributed by atoms with Crippen LogP contribution in [0, 0.1) is 0 Å². The number of rotatable bonds is 2. The Kier molecular flexibility index (Phi) is 3.00. The van der Waals surface area contributed by atoms with Crippen molar-refractivity contribution in [1.82, 2.24) is 4.81 Å². The Bertz CT molecular complexity index is 347. The van der Waals surface area contributed by atoms with Gasteiger partial charge in [0, 0.05) is 12.6 Å². The van der Waals surface area contributed by atoms with Crippen LogP contribution in [0.4, 0.5) is 0 Å². The van der Waals surface area contributed by atoms with Crippen LogP contribution in [0.3, 0.4) is 0 Å². The van der Waals surface area contributed by atoms with Crippen molar-refractivity contribution in [3.05, 3.63) is 24.2 Å². The predicted molar refractivity (Wildman–Crippen MR) is 66.8 cm³/mol. The van der Waals surface area contributed by atoms with Crippen molar-refractivity contribution in [2.75, 3.05) is 7.11 Å². The zero-order chi connectivity index (χ0) is 12.7. The number of methoxy groups -OCH3 is 1. The molecule has 0 unspecified atom stereocenters. The molecule has 2 rings (SSSR count). The fourth-order valence-electron chi connectivity index (χ4n) is 1.75. The summed E-state index contributed by atoms with van der Waals surface area (Å²) < 4.78 is 17.1. The maximum Gasteiger partial charge on any atom is 0.598 e. The highest BCUT2D eigenvalue weighted by Crippen LogP contribution is 2.38. The standard InChI is InChI=1S/C12H20BNO3/c1-11(2)12(3,4)17-13(16-11)14-8-6-7-10(9-14)15-5/h6,8-9H,7H2,1-5H3. The molecule has 4 nitrogen and oxygen atoms in total. The van der Waals surface area contributed by atoms with E-state index < -0.39 is 0 Å². The van der Waals surface area contributed by atoms with Gasteiger partial charge in [0.25, 0.3) is 0 Å². The summed E-state index contributed by atoms with van der Waals surface area (Å²) in [7, 11) is 1.29. The van der Waals surface area contributed by atoms with Crippen LogP contribution in [0.5, 0.6) is 0 Å². The van der Waals surface area contributed by atoms with E-state index in [1.54, 1.807) is 7.11 Å². The first-order valence-corrected chi connectivity index (χ1v) is 5.90. The molecule has 0 aromatic rings. The lowest BCUT2D eigenvalue weighted by Gasteiger charge is -2.32. The molecule has 2 aliphatic heterocycles. The van der Waals surface area contributed by atoms with Crippen molar-refractivity contribution in [1.29, 1.82) is 0 Å². The Morgan fingerprint density at radius 1 is 1.24 bits per heavy atom. The van der Waals surface area contributed by atoms with Gasteiger partial charge in [0.15, 0.2) is 0 Å². The first-order chi connectivity index (χ1) is 7.86. The van der Waals surface area contributed by atoms with E-state index in [0.717, 1.165) is 12.2 Å². The lowest BCUT2D eigenvalue weighted by molar-refractivity contribution is 0.00578. The number of allylic oxidation sites excluding steroid dienone is 1. The summed E-state index contributed by atoms with van der Waals surface area (Å²) in [6, 6.07) is 0. The molecule has 0 spiro atoms. The van der Waals surface area contributed by atoms with Crippen LogP contribution >= 0.6 is 0 Å². The van der Waals surface area contributed by atoms with Crippen molar-refractivity contribution in [2.45, 2.75) is 45.3 Å². The first-order valence-electron chi connectivity index (χ1n) is 5.90. The molecule has 0 N–H and O–H groups in total. The number of ether oxygens (including phenoxy) is 1. The fourth-order valence-corrected chi connectivity index (χ4v) is 1.75. The SMILES string of the molecule is COC1=CN(B2OC(C)(C)C(C)(C)O2)C=CC1. The molecule has 2 heterocycles. The molecule has 0 aliphatic carbocycles. The van der Waals surface area contributed by atoms with Crippen molar-refractivity contribution in [3.8, 4) is 0 Å². The fraction of sp³-hybridized carbons (Fsp3) is 0.667. The van der Waals surface area contributed by atoms with Crippen molar-refractivity contribution < 1.29 is 14.0 Å². The predicted octanol–water partition coefficient (Wildman–Crippen LogP) is 2.28. The molecule has 0 aromatic carbocycles. The lowest BCUT2D eigenvalue weighted by atomic mass is 9.90. The number of hydrogen-bond acceptors (Lipinski definition) is 4. The van der Waals surface area contributed by atoms with Crippen molar-refractivity contribution in [2.24, 2.45) is 0 Å². The second-order valence-electron chi connectivity index (χ2n) is 5.40. The molecular weight excluding hydrogens is 217 g/mol. The van der Waals surface area contributed by atoms with E-state index >= 15 is 0 Å². The molecule has 0 radical (unpaired) electrons. The highest BCUT2D eigenvalue weighted by Gasteiger charge is 2.53. The Hall–Kier alpha value is -0.935. The highest BCUT2D eigenvalue weighted by atomic mass is 16.7. The largest absolute Gasteiger partial charge is 0.598 e. The van der Waals surface area contributed by atoms with Gasteiger partial charge < -0.3 is 18.9 Å². The molecule has 0 bridgehead atoms. The summed E-state index contributed by atoms with van der Waals surface area (Å²) in [5, 5.41) is 0. The average Bonchev–Trinajstić information content (AvgIpc) is 2.48. The van der Waals surface area contributed by atoms with E-state index in [4.69, 9.17) is 14.0 Å². The van der Waals surface area contributed by atoms with E-state index in [-0.39, 0.29) is 18.5 Å². The Morgan fingerprint density at radius 3 is 2.35 bits per heavy atom. The maximum absolute atomic E-state index is 5.95. The minimum absolute atomic E-state index is 0.315. The zero-order valence-corrected chi connectivity index (χ0v) is 11.2. The highest BCUT2D eigenvalue weighted by molar-refractivity contribution is 6.43. The molecule has 0 amide bonds. The van der Waals surface area contributed by atoms with Crippen LogP contribution in [0.25, 0.3) is 0 Å². The van der Waals surface area contributed by atoms with E-state index in [1.807, 2.05) is 51.0 Å². The first kappa shape index (κ1) is 12.5. The third-order valence-electron chi connectivity index (χ3n) is 3.64.